The molecule has 0 saturated heterocycles. The van der Waals surface area contributed by atoms with Crippen LogP contribution in [0.5, 0.6) is 0 Å². The van der Waals surface area contributed by atoms with Gasteiger partial charge in [0, 0.05) is 0 Å². The zero-order valence-corrected chi connectivity index (χ0v) is 19.7. The van der Waals surface area contributed by atoms with Crippen LogP contribution in [0.4, 0.5) is 0 Å². The molecule has 0 aromatic carbocycles. The first kappa shape index (κ1) is 27.7. The van der Waals surface area contributed by atoms with Crippen molar-refractivity contribution in [2.75, 3.05) is 0 Å². The Morgan fingerprint density at radius 3 is 1.32 bits per heavy atom. The quantitative estimate of drug-likeness (QED) is 0.120. The monoisotopic (exact) mass is 390 g/mol. The molecule has 0 N–H and O–H groups in total. The van der Waals surface area contributed by atoms with Gasteiger partial charge in [0.15, 0.2) is 0 Å². The minimum atomic E-state index is 0.940. The van der Waals surface area contributed by atoms with Crippen LogP contribution in [0.3, 0.4) is 0 Å². The van der Waals surface area contributed by atoms with Crippen molar-refractivity contribution in [2.24, 2.45) is 5.92 Å². The minimum absolute atomic E-state index is 0.940. The van der Waals surface area contributed by atoms with Crippen LogP contribution >= 0.6 is 0 Å². The number of hydrogen-bond donors (Lipinski definition) is 0. The van der Waals surface area contributed by atoms with Crippen LogP contribution in [-0.2, 0) is 0 Å². The van der Waals surface area contributed by atoms with Gasteiger partial charge < -0.3 is 0 Å². The molecule has 166 valence electrons. The van der Waals surface area contributed by atoms with E-state index in [0.29, 0.717) is 0 Å². The summed E-state index contributed by atoms with van der Waals surface area (Å²) in [6, 6.07) is 0. The average Bonchev–Trinajstić information content (AvgIpc) is 2.70. The van der Waals surface area contributed by atoms with E-state index >= 15 is 0 Å². The first-order valence-electron chi connectivity index (χ1n) is 13.0. The number of unbranched alkanes of at least 4 members (excludes halogenated alkanes) is 17. The van der Waals surface area contributed by atoms with Gasteiger partial charge in [-0.05, 0) is 32.1 Å². The van der Waals surface area contributed by atoms with Gasteiger partial charge in [0.2, 0.25) is 0 Å². The molecular formula is C28H54. The molecule has 0 spiro atoms. The third-order valence-corrected chi connectivity index (χ3v) is 6.10. The van der Waals surface area contributed by atoms with Crippen molar-refractivity contribution >= 4 is 0 Å². The summed E-state index contributed by atoms with van der Waals surface area (Å²) in [7, 11) is 0. The number of allylic oxidation sites excluding steroid dienone is 2. The largest absolute Gasteiger partial charge is 0.0885 e. The van der Waals surface area contributed by atoms with E-state index in [2.05, 4.69) is 32.9 Å². The second kappa shape index (κ2) is 24.8. The van der Waals surface area contributed by atoms with E-state index in [1.807, 2.05) is 0 Å². The Morgan fingerprint density at radius 2 is 0.893 bits per heavy atom. The molecule has 0 saturated carbocycles. The summed E-state index contributed by atoms with van der Waals surface area (Å²) in [4.78, 5) is 0. The molecule has 0 rings (SSSR count). The fourth-order valence-electron chi connectivity index (χ4n) is 4.10. The maximum absolute atomic E-state index is 3.91. The van der Waals surface area contributed by atoms with Crippen LogP contribution < -0.4 is 0 Å². The van der Waals surface area contributed by atoms with Gasteiger partial charge in [-0.25, -0.2) is 0 Å². The smallest absolute Gasteiger partial charge is 0.0351 e. The summed E-state index contributed by atoms with van der Waals surface area (Å²) < 4.78 is 0. The molecule has 0 aliphatic heterocycles. The van der Waals surface area contributed by atoms with Gasteiger partial charge in [0.1, 0.15) is 0 Å². The Labute approximate surface area is 180 Å². The van der Waals surface area contributed by atoms with Gasteiger partial charge in [-0.3, -0.25) is 0 Å². The molecule has 0 heterocycles. The summed E-state index contributed by atoms with van der Waals surface area (Å²) in [5, 5.41) is 0. The van der Waals surface area contributed by atoms with Crippen molar-refractivity contribution in [1.82, 2.24) is 0 Å². The molecule has 0 aliphatic rings. The Kier molecular flexibility index (Phi) is 24.5. The molecule has 0 bridgehead atoms. The molecule has 0 aromatic heterocycles. The highest BCUT2D eigenvalue weighted by atomic mass is 14.1. The van der Waals surface area contributed by atoms with Gasteiger partial charge in [-0.2, -0.15) is 0 Å². The lowest BCUT2D eigenvalue weighted by atomic mass is 9.96. The predicted molar refractivity (Wildman–Crippen MR) is 131 cm³/mol. The third-order valence-electron chi connectivity index (χ3n) is 6.10. The van der Waals surface area contributed by atoms with Gasteiger partial charge in [-0.15, -0.1) is 0 Å². The first-order valence-corrected chi connectivity index (χ1v) is 13.0. The molecular weight excluding hydrogens is 336 g/mol. The Balaban J connectivity index is 3.15. The topological polar surface area (TPSA) is 0 Å². The van der Waals surface area contributed by atoms with Crippen LogP contribution in [0, 0.1) is 19.8 Å². The van der Waals surface area contributed by atoms with Crippen molar-refractivity contribution in [1.29, 1.82) is 0 Å². The van der Waals surface area contributed by atoms with Gasteiger partial charge in [-0.1, -0.05) is 148 Å². The second-order valence-corrected chi connectivity index (χ2v) is 9.10. The summed E-state index contributed by atoms with van der Waals surface area (Å²) in [6.45, 7) is 10.2. The summed E-state index contributed by atoms with van der Waals surface area (Å²) in [6.07, 6.45) is 35.2. The van der Waals surface area contributed by atoms with E-state index < -0.39 is 0 Å². The van der Waals surface area contributed by atoms with Gasteiger partial charge >= 0.3 is 0 Å². The molecule has 2 radical (unpaired) electrons. The fourth-order valence-corrected chi connectivity index (χ4v) is 4.10. The SMILES string of the molecule is [CH2]C/C=C/CCCCCCCC(C)CCCCCCCCCCCCCC[CH2]. The standard InChI is InChI=1S/C28H54/c1-4-6-8-10-12-14-15-16-17-19-21-23-25-27-28(3)26-24-22-20-18-13-11-9-7-5-2/h7,9,28H,1-2,4-6,8,10-27H2,3H3/b9-7+. The minimum Gasteiger partial charge on any atom is -0.0885 e. The lowest BCUT2D eigenvalue weighted by molar-refractivity contribution is 0.431. The highest BCUT2D eigenvalue weighted by Gasteiger charge is 2.02. The maximum Gasteiger partial charge on any atom is -0.0351 e. The molecule has 0 nitrogen and oxygen atoms in total. The fraction of sp³-hybridized carbons (Fsp3) is 0.857. The van der Waals surface area contributed by atoms with Crippen LogP contribution in [0.2, 0.25) is 0 Å². The molecule has 0 fully saturated rings. The summed E-state index contributed by atoms with van der Waals surface area (Å²) >= 11 is 0. The van der Waals surface area contributed by atoms with E-state index in [9.17, 15) is 0 Å². The predicted octanol–water partition coefficient (Wildman–Crippen LogP) is 10.4. The molecule has 1 unspecified atom stereocenters. The van der Waals surface area contributed by atoms with Gasteiger partial charge in [0.05, 0.1) is 0 Å². The lowest BCUT2D eigenvalue weighted by Gasteiger charge is -2.11. The first-order chi connectivity index (χ1) is 13.8. The van der Waals surface area contributed by atoms with Crippen molar-refractivity contribution in [2.45, 2.75) is 148 Å². The molecule has 1 atom stereocenters. The molecule has 28 heavy (non-hydrogen) atoms. The number of rotatable bonds is 23. The molecule has 0 aliphatic carbocycles. The Morgan fingerprint density at radius 1 is 0.500 bits per heavy atom. The van der Waals surface area contributed by atoms with Crippen LogP contribution in [-0.4, -0.2) is 0 Å². The van der Waals surface area contributed by atoms with Crippen molar-refractivity contribution in [3.05, 3.63) is 26.0 Å². The van der Waals surface area contributed by atoms with Crippen molar-refractivity contribution in [3.63, 3.8) is 0 Å². The van der Waals surface area contributed by atoms with Crippen LogP contribution in [0.15, 0.2) is 12.2 Å². The highest BCUT2D eigenvalue weighted by Crippen LogP contribution is 2.19. The van der Waals surface area contributed by atoms with Crippen molar-refractivity contribution in [3.8, 4) is 0 Å². The molecule has 0 amide bonds. The average molecular weight is 391 g/mol. The maximum atomic E-state index is 3.91. The Hall–Kier alpha value is -0.260. The normalized spacial score (nSPS) is 12.8. The molecule has 0 heteroatoms. The molecule has 0 aromatic rings. The zero-order chi connectivity index (χ0) is 20.5. The van der Waals surface area contributed by atoms with Gasteiger partial charge in [0.25, 0.3) is 0 Å². The van der Waals surface area contributed by atoms with E-state index in [4.69, 9.17) is 0 Å². The highest BCUT2D eigenvalue weighted by molar-refractivity contribution is 4.81. The second-order valence-electron chi connectivity index (χ2n) is 9.10. The van der Waals surface area contributed by atoms with Crippen LogP contribution in [0.25, 0.3) is 0 Å². The number of hydrogen-bond acceptors (Lipinski definition) is 0. The Bertz CT molecular complexity index is 290. The zero-order valence-electron chi connectivity index (χ0n) is 19.7. The van der Waals surface area contributed by atoms with E-state index in [1.54, 1.807) is 0 Å². The third kappa shape index (κ3) is 23.8. The summed E-state index contributed by atoms with van der Waals surface area (Å²) in [5.41, 5.74) is 0. The van der Waals surface area contributed by atoms with E-state index in [0.717, 1.165) is 18.8 Å². The van der Waals surface area contributed by atoms with E-state index in [1.165, 1.54) is 128 Å². The van der Waals surface area contributed by atoms with Crippen LogP contribution in [0.1, 0.15) is 148 Å². The lowest BCUT2D eigenvalue weighted by Crippen LogP contribution is -1.95. The van der Waals surface area contributed by atoms with E-state index in [-0.39, 0.29) is 0 Å². The summed E-state index contributed by atoms with van der Waals surface area (Å²) in [5.74, 6) is 0.948. The van der Waals surface area contributed by atoms with Crippen molar-refractivity contribution < 1.29 is 0 Å².